The quantitative estimate of drug-likeness (QED) is 0.166. The molecule has 0 radical (unpaired) electrons. The van der Waals surface area contributed by atoms with E-state index in [0.717, 1.165) is 22.6 Å². The van der Waals surface area contributed by atoms with Gasteiger partial charge in [-0.05, 0) is 62.6 Å². The van der Waals surface area contributed by atoms with Gasteiger partial charge in [-0.3, -0.25) is 0 Å². The summed E-state index contributed by atoms with van der Waals surface area (Å²) in [4.78, 5) is 1.82. The van der Waals surface area contributed by atoms with Crippen LogP contribution in [0.1, 0.15) is 96.8 Å². The van der Waals surface area contributed by atoms with Crippen LogP contribution in [0.15, 0.2) is 46.2 Å². The predicted octanol–water partition coefficient (Wildman–Crippen LogP) is 7.39. The van der Waals surface area contributed by atoms with Crippen LogP contribution in [0.5, 0.6) is 0 Å². The first-order valence-corrected chi connectivity index (χ1v) is 13.4. The number of rotatable bonds is 16. The summed E-state index contributed by atoms with van der Waals surface area (Å²) < 4.78 is 14.1. The number of fused-ring (bicyclic) bond motifs is 1. The second kappa shape index (κ2) is 15.2. The van der Waals surface area contributed by atoms with Crippen LogP contribution in [0.2, 0.25) is 0 Å². The lowest BCUT2D eigenvalue weighted by molar-refractivity contribution is 0.106. The molecule has 1 N–H and O–H groups in total. The Hall–Kier alpha value is -0.620. The first-order chi connectivity index (χ1) is 14.2. The molecule has 0 saturated heterocycles. The molecule has 29 heavy (non-hydrogen) atoms. The molecule has 0 aliphatic carbocycles. The van der Waals surface area contributed by atoms with E-state index in [4.69, 9.17) is 0 Å². The largest absolute Gasteiger partial charge is 0.377 e. The van der Waals surface area contributed by atoms with Crippen LogP contribution in [-0.2, 0) is 11.0 Å². The van der Waals surface area contributed by atoms with Crippen molar-refractivity contribution in [1.82, 2.24) is 3.71 Å². The van der Waals surface area contributed by atoms with Crippen molar-refractivity contribution in [3.05, 3.63) is 36.4 Å². The van der Waals surface area contributed by atoms with E-state index in [2.05, 4.69) is 19.1 Å². The minimum atomic E-state index is -1.24. The Morgan fingerprint density at radius 2 is 1.52 bits per heavy atom. The van der Waals surface area contributed by atoms with Gasteiger partial charge >= 0.3 is 0 Å². The molecule has 1 aliphatic heterocycles. The van der Waals surface area contributed by atoms with Gasteiger partial charge in [0.05, 0.1) is 4.90 Å². The third-order valence-corrected chi connectivity index (χ3v) is 8.39. The van der Waals surface area contributed by atoms with Crippen LogP contribution >= 0.6 is 11.9 Å². The number of allylic oxidation sites excluding steroid dienone is 2. The molecule has 1 aromatic rings. The number of benzene rings is 1. The Balaban J connectivity index is 1.42. The molecule has 5 heteroatoms. The van der Waals surface area contributed by atoms with Crippen molar-refractivity contribution in [3.63, 3.8) is 0 Å². The highest BCUT2D eigenvalue weighted by Crippen LogP contribution is 2.40. The Morgan fingerprint density at radius 3 is 2.17 bits per heavy atom. The number of unbranched alkanes of at least 4 members (excludes halogenated alkanes) is 11. The summed E-state index contributed by atoms with van der Waals surface area (Å²) in [5.41, 5.74) is 0. The standard InChI is InChI=1S/C24H39NO2S2/c1-2-3-4-5-6-7-8-9-10-11-12-13-14-15-16-21-24(26)25-28-22-19-17-18-20-23(22)29(25)27/h9-10,17-20,24,26H,2-8,11-16,21H2,1H3/b10-9+. The monoisotopic (exact) mass is 437 g/mol. The molecule has 0 aromatic heterocycles. The first-order valence-electron chi connectivity index (χ1n) is 11.5. The lowest BCUT2D eigenvalue weighted by Crippen LogP contribution is -2.27. The van der Waals surface area contributed by atoms with Gasteiger partial charge in [-0.2, -0.15) is 0 Å². The highest BCUT2D eigenvalue weighted by Gasteiger charge is 2.32. The molecule has 0 spiro atoms. The van der Waals surface area contributed by atoms with Crippen LogP contribution in [0.25, 0.3) is 0 Å². The van der Waals surface area contributed by atoms with Crippen LogP contribution < -0.4 is 0 Å². The zero-order chi connectivity index (χ0) is 20.7. The van der Waals surface area contributed by atoms with Gasteiger partial charge < -0.3 is 5.11 Å². The summed E-state index contributed by atoms with van der Waals surface area (Å²) in [6, 6.07) is 7.69. The van der Waals surface area contributed by atoms with Gasteiger partial charge in [0.2, 0.25) is 0 Å². The minimum absolute atomic E-state index is 0.641. The number of hydrogen-bond donors (Lipinski definition) is 1. The molecule has 2 unspecified atom stereocenters. The lowest BCUT2D eigenvalue weighted by Gasteiger charge is -2.19. The topological polar surface area (TPSA) is 40.5 Å². The van der Waals surface area contributed by atoms with Crippen molar-refractivity contribution >= 4 is 22.9 Å². The average Bonchev–Trinajstić information content (AvgIpc) is 3.07. The number of hydrogen-bond acceptors (Lipinski definition) is 3. The molecule has 1 aromatic carbocycles. The summed E-state index contributed by atoms with van der Waals surface area (Å²) in [5.74, 6) is 0. The maximum absolute atomic E-state index is 12.4. The van der Waals surface area contributed by atoms with Gasteiger partial charge in [0.15, 0.2) is 0 Å². The fraction of sp³-hybridized carbons (Fsp3) is 0.667. The van der Waals surface area contributed by atoms with E-state index in [1.165, 1.54) is 82.6 Å². The molecule has 0 bridgehead atoms. The van der Waals surface area contributed by atoms with E-state index in [1.54, 1.807) is 3.71 Å². The Bertz CT molecular complexity index is 621. The van der Waals surface area contributed by atoms with Crippen molar-refractivity contribution in [3.8, 4) is 0 Å². The maximum Gasteiger partial charge on any atom is 0.141 e. The fourth-order valence-electron chi connectivity index (χ4n) is 3.57. The molecular formula is C24H39NO2S2. The van der Waals surface area contributed by atoms with Gasteiger partial charge in [-0.15, -0.1) is 3.71 Å². The third-order valence-electron chi connectivity index (χ3n) is 5.36. The smallest absolute Gasteiger partial charge is 0.141 e. The molecule has 164 valence electrons. The zero-order valence-electron chi connectivity index (χ0n) is 18.1. The first kappa shape index (κ1) is 24.6. The summed E-state index contributed by atoms with van der Waals surface area (Å²) in [6.07, 6.45) is 21.3. The van der Waals surface area contributed by atoms with E-state index >= 15 is 0 Å². The lowest BCUT2D eigenvalue weighted by atomic mass is 10.1. The van der Waals surface area contributed by atoms with E-state index in [0.29, 0.717) is 6.42 Å². The van der Waals surface area contributed by atoms with Gasteiger partial charge in [-0.1, -0.05) is 82.6 Å². The van der Waals surface area contributed by atoms with Gasteiger partial charge in [0.25, 0.3) is 0 Å². The van der Waals surface area contributed by atoms with Gasteiger partial charge in [-0.25, -0.2) is 4.21 Å². The average molecular weight is 438 g/mol. The molecule has 1 heterocycles. The molecule has 3 nitrogen and oxygen atoms in total. The Morgan fingerprint density at radius 1 is 0.931 bits per heavy atom. The highest BCUT2D eigenvalue weighted by molar-refractivity contribution is 8.09. The van der Waals surface area contributed by atoms with Crippen molar-refractivity contribution in [1.29, 1.82) is 0 Å². The maximum atomic E-state index is 12.4. The Kier molecular flexibility index (Phi) is 12.9. The summed E-state index contributed by atoms with van der Waals surface area (Å²) >= 11 is 1.42. The molecule has 0 amide bonds. The number of aliphatic hydroxyl groups is 1. The molecular weight excluding hydrogens is 398 g/mol. The van der Waals surface area contributed by atoms with E-state index in [-0.39, 0.29) is 0 Å². The Labute approximate surface area is 185 Å². The van der Waals surface area contributed by atoms with Crippen LogP contribution in [0.3, 0.4) is 0 Å². The summed E-state index contributed by atoms with van der Waals surface area (Å²) in [6.45, 7) is 2.27. The number of aliphatic hydroxyl groups excluding tert-OH is 1. The summed E-state index contributed by atoms with van der Waals surface area (Å²) in [5, 5.41) is 10.4. The second-order valence-electron chi connectivity index (χ2n) is 7.93. The summed E-state index contributed by atoms with van der Waals surface area (Å²) in [7, 11) is -1.24. The van der Waals surface area contributed by atoms with Crippen molar-refractivity contribution < 1.29 is 9.32 Å². The number of nitrogens with zero attached hydrogens (tertiary/aromatic N) is 1. The van der Waals surface area contributed by atoms with Crippen molar-refractivity contribution in [2.45, 2.75) is 113 Å². The van der Waals surface area contributed by atoms with Gasteiger partial charge in [0.1, 0.15) is 17.2 Å². The van der Waals surface area contributed by atoms with E-state index in [1.807, 2.05) is 24.3 Å². The highest BCUT2D eigenvalue weighted by atomic mass is 32.2. The zero-order valence-corrected chi connectivity index (χ0v) is 19.7. The van der Waals surface area contributed by atoms with Gasteiger partial charge in [0, 0.05) is 4.90 Å². The molecule has 2 atom stereocenters. The van der Waals surface area contributed by atoms with Crippen LogP contribution in [-0.4, -0.2) is 19.3 Å². The third kappa shape index (κ3) is 9.37. The minimum Gasteiger partial charge on any atom is -0.377 e. The fourth-order valence-corrected chi connectivity index (χ4v) is 6.32. The van der Waals surface area contributed by atoms with Crippen molar-refractivity contribution in [2.75, 3.05) is 0 Å². The SMILES string of the molecule is CCCCCCCC/C=C/CCCCCCCC(O)N1Sc2ccccc2S1=O. The normalized spacial score (nSPS) is 17.8. The molecule has 0 fully saturated rings. The van der Waals surface area contributed by atoms with Crippen molar-refractivity contribution in [2.24, 2.45) is 0 Å². The second-order valence-corrected chi connectivity index (χ2v) is 10.5. The molecule has 1 aliphatic rings. The molecule has 2 rings (SSSR count). The van der Waals surface area contributed by atoms with Crippen LogP contribution in [0, 0.1) is 0 Å². The van der Waals surface area contributed by atoms with E-state index < -0.39 is 17.2 Å². The van der Waals surface area contributed by atoms with E-state index in [9.17, 15) is 9.32 Å². The van der Waals surface area contributed by atoms with Crippen LogP contribution in [0.4, 0.5) is 0 Å². The predicted molar refractivity (Wildman–Crippen MR) is 126 cm³/mol. The molecule has 0 saturated carbocycles.